The van der Waals surface area contributed by atoms with Crippen molar-refractivity contribution in [3.8, 4) is 5.75 Å². The number of nitrogens with one attached hydrogen (secondary N) is 2. The number of alkyl carbamates (subject to hydrolysis) is 1. The highest BCUT2D eigenvalue weighted by molar-refractivity contribution is 5.68. The zero-order chi connectivity index (χ0) is 16.8. The smallest absolute Gasteiger partial charge is 0.407 e. The van der Waals surface area contributed by atoms with Crippen LogP contribution in [0.5, 0.6) is 5.75 Å². The van der Waals surface area contributed by atoms with Gasteiger partial charge in [0.25, 0.3) is 0 Å². The van der Waals surface area contributed by atoms with E-state index < -0.39 is 11.7 Å². The van der Waals surface area contributed by atoms with Crippen LogP contribution >= 0.6 is 0 Å². The second-order valence-electron chi connectivity index (χ2n) is 6.51. The van der Waals surface area contributed by atoms with Gasteiger partial charge in [-0.05, 0) is 40.2 Å². The van der Waals surface area contributed by atoms with E-state index in [1.165, 1.54) is 0 Å². The van der Waals surface area contributed by atoms with Gasteiger partial charge in [0.2, 0.25) is 0 Å². The van der Waals surface area contributed by atoms with Crippen LogP contribution in [0.25, 0.3) is 0 Å². The molecule has 0 aromatic heterocycles. The van der Waals surface area contributed by atoms with Crippen molar-refractivity contribution in [1.29, 1.82) is 0 Å². The summed E-state index contributed by atoms with van der Waals surface area (Å²) in [4.78, 5) is 11.8. The van der Waals surface area contributed by atoms with Crippen LogP contribution in [-0.2, 0) is 11.3 Å². The molecule has 1 atom stereocenters. The summed E-state index contributed by atoms with van der Waals surface area (Å²) in [5.41, 5.74) is 1.46. The van der Waals surface area contributed by atoms with Crippen molar-refractivity contribution in [2.45, 2.75) is 59.2 Å². The molecule has 1 rings (SSSR count). The Labute approximate surface area is 133 Å². The van der Waals surface area contributed by atoms with Gasteiger partial charge in [0.15, 0.2) is 0 Å². The average Bonchev–Trinajstić information content (AvgIpc) is 2.39. The summed E-state index contributed by atoms with van der Waals surface area (Å²) in [7, 11) is 0. The van der Waals surface area contributed by atoms with Crippen LogP contribution in [0.3, 0.4) is 0 Å². The van der Waals surface area contributed by atoms with Crippen LogP contribution in [0, 0.1) is 6.92 Å². The van der Waals surface area contributed by atoms with E-state index in [-0.39, 0.29) is 11.8 Å². The molecule has 0 aliphatic carbocycles. The Bertz CT molecular complexity index is 495. The number of amides is 1. The maximum Gasteiger partial charge on any atom is 0.407 e. The predicted molar refractivity (Wildman–Crippen MR) is 88.0 cm³/mol. The van der Waals surface area contributed by atoms with Crippen molar-refractivity contribution in [3.05, 3.63) is 29.3 Å². The summed E-state index contributed by atoms with van der Waals surface area (Å²) in [6, 6.07) is 5.51. The SMILES string of the molecule is CCC(CNCc1cc(C)ccc1O)NC(=O)OC(C)(C)C. The second-order valence-corrected chi connectivity index (χ2v) is 6.51. The second kappa shape index (κ2) is 8.03. The largest absolute Gasteiger partial charge is 0.508 e. The van der Waals surface area contributed by atoms with E-state index >= 15 is 0 Å². The fourth-order valence-electron chi connectivity index (χ4n) is 2.01. The lowest BCUT2D eigenvalue weighted by Gasteiger charge is -2.23. The first-order chi connectivity index (χ1) is 10.2. The minimum absolute atomic E-state index is 0.0122. The van der Waals surface area contributed by atoms with Gasteiger partial charge in [-0.3, -0.25) is 0 Å². The quantitative estimate of drug-likeness (QED) is 0.755. The van der Waals surface area contributed by atoms with Gasteiger partial charge in [-0.15, -0.1) is 0 Å². The van der Waals surface area contributed by atoms with Gasteiger partial charge in [-0.2, -0.15) is 0 Å². The van der Waals surface area contributed by atoms with Gasteiger partial charge >= 0.3 is 6.09 Å². The van der Waals surface area contributed by atoms with Crippen molar-refractivity contribution >= 4 is 6.09 Å². The molecule has 0 aliphatic heterocycles. The van der Waals surface area contributed by atoms with E-state index in [1.54, 1.807) is 6.07 Å². The molecule has 1 aromatic carbocycles. The number of hydrogen-bond acceptors (Lipinski definition) is 4. The van der Waals surface area contributed by atoms with E-state index in [0.717, 1.165) is 17.5 Å². The normalized spacial score (nSPS) is 12.8. The molecule has 0 aliphatic rings. The maximum atomic E-state index is 11.8. The minimum atomic E-state index is -0.497. The standard InChI is InChI=1S/C17H28N2O3/c1-6-14(19-16(21)22-17(3,4)5)11-18-10-13-9-12(2)7-8-15(13)20/h7-9,14,18,20H,6,10-11H2,1-5H3,(H,19,21). The van der Waals surface area contributed by atoms with E-state index in [9.17, 15) is 9.90 Å². The van der Waals surface area contributed by atoms with Crippen LogP contribution in [0.4, 0.5) is 4.79 Å². The highest BCUT2D eigenvalue weighted by Crippen LogP contribution is 2.17. The summed E-state index contributed by atoms with van der Waals surface area (Å²) >= 11 is 0. The van der Waals surface area contributed by atoms with Crippen molar-refractivity contribution in [1.82, 2.24) is 10.6 Å². The molecular formula is C17H28N2O3. The molecule has 3 N–H and O–H groups in total. The first kappa shape index (κ1) is 18.3. The lowest BCUT2D eigenvalue weighted by atomic mass is 10.1. The van der Waals surface area contributed by atoms with Gasteiger partial charge in [0, 0.05) is 24.7 Å². The Hall–Kier alpha value is -1.75. The Balaban J connectivity index is 2.44. The zero-order valence-corrected chi connectivity index (χ0v) is 14.2. The first-order valence-corrected chi connectivity index (χ1v) is 7.70. The number of ether oxygens (including phenoxy) is 1. The number of aromatic hydroxyl groups is 1. The van der Waals surface area contributed by atoms with Gasteiger partial charge in [-0.25, -0.2) is 4.79 Å². The van der Waals surface area contributed by atoms with Crippen LogP contribution in [0.2, 0.25) is 0 Å². The van der Waals surface area contributed by atoms with Crippen LogP contribution < -0.4 is 10.6 Å². The third-order valence-corrected chi connectivity index (χ3v) is 3.15. The number of phenolic OH excluding ortho intramolecular Hbond substituents is 1. The number of phenols is 1. The van der Waals surface area contributed by atoms with Gasteiger partial charge in [-0.1, -0.05) is 24.6 Å². The monoisotopic (exact) mass is 308 g/mol. The highest BCUT2D eigenvalue weighted by Gasteiger charge is 2.18. The predicted octanol–water partition coefficient (Wildman–Crippen LogP) is 3.09. The van der Waals surface area contributed by atoms with Crippen LogP contribution in [-0.4, -0.2) is 29.4 Å². The van der Waals surface area contributed by atoms with Crippen molar-refractivity contribution in [2.24, 2.45) is 0 Å². The lowest BCUT2D eigenvalue weighted by molar-refractivity contribution is 0.0502. The average molecular weight is 308 g/mol. The third-order valence-electron chi connectivity index (χ3n) is 3.15. The Morgan fingerprint density at radius 2 is 2.05 bits per heavy atom. The number of benzene rings is 1. The molecule has 1 amide bonds. The molecule has 124 valence electrons. The molecule has 0 radical (unpaired) electrons. The zero-order valence-electron chi connectivity index (χ0n) is 14.2. The van der Waals surface area contributed by atoms with Gasteiger partial charge < -0.3 is 20.5 Å². The molecule has 0 fully saturated rings. The molecule has 0 spiro atoms. The summed E-state index contributed by atoms with van der Waals surface area (Å²) < 4.78 is 5.25. The van der Waals surface area contributed by atoms with E-state index in [1.807, 2.05) is 46.8 Å². The molecule has 5 nitrogen and oxygen atoms in total. The molecule has 0 bridgehead atoms. The maximum absolute atomic E-state index is 11.8. The molecule has 1 unspecified atom stereocenters. The van der Waals surface area contributed by atoms with Crippen molar-refractivity contribution in [3.63, 3.8) is 0 Å². The Morgan fingerprint density at radius 1 is 1.36 bits per heavy atom. The topological polar surface area (TPSA) is 70.6 Å². The summed E-state index contributed by atoms with van der Waals surface area (Å²) in [5, 5.41) is 15.9. The Kier molecular flexibility index (Phi) is 6.68. The molecular weight excluding hydrogens is 280 g/mol. The van der Waals surface area contributed by atoms with E-state index in [4.69, 9.17) is 4.74 Å². The molecule has 0 saturated heterocycles. The number of rotatable bonds is 6. The minimum Gasteiger partial charge on any atom is -0.508 e. The summed E-state index contributed by atoms with van der Waals surface area (Å²) in [6.07, 6.45) is 0.394. The fourth-order valence-corrected chi connectivity index (χ4v) is 2.01. The summed E-state index contributed by atoms with van der Waals surface area (Å²) in [6.45, 7) is 10.7. The number of carbonyl (C=O) groups excluding carboxylic acids is 1. The lowest BCUT2D eigenvalue weighted by Crippen LogP contribution is -2.43. The molecule has 22 heavy (non-hydrogen) atoms. The van der Waals surface area contributed by atoms with Crippen molar-refractivity contribution in [2.75, 3.05) is 6.54 Å². The highest BCUT2D eigenvalue weighted by atomic mass is 16.6. The molecule has 5 heteroatoms. The van der Waals surface area contributed by atoms with E-state index in [2.05, 4.69) is 10.6 Å². The molecule has 0 saturated carbocycles. The Morgan fingerprint density at radius 3 is 2.64 bits per heavy atom. The number of carbonyl (C=O) groups is 1. The number of hydrogen-bond donors (Lipinski definition) is 3. The first-order valence-electron chi connectivity index (χ1n) is 7.70. The van der Waals surface area contributed by atoms with Crippen molar-refractivity contribution < 1.29 is 14.6 Å². The van der Waals surface area contributed by atoms with Crippen LogP contribution in [0.1, 0.15) is 45.2 Å². The third kappa shape index (κ3) is 6.80. The molecule has 1 aromatic rings. The van der Waals surface area contributed by atoms with Gasteiger partial charge in [0.1, 0.15) is 11.4 Å². The number of aryl methyl sites for hydroxylation is 1. The molecule has 0 heterocycles. The van der Waals surface area contributed by atoms with Gasteiger partial charge in [0.05, 0.1) is 0 Å². The fraction of sp³-hybridized carbons (Fsp3) is 0.588. The summed E-state index contributed by atoms with van der Waals surface area (Å²) in [5.74, 6) is 0.284. The van der Waals surface area contributed by atoms with E-state index in [0.29, 0.717) is 13.1 Å². The van der Waals surface area contributed by atoms with Crippen LogP contribution in [0.15, 0.2) is 18.2 Å².